The van der Waals surface area contributed by atoms with Gasteiger partial charge in [0, 0.05) is 20.2 Å². The van der Waals surface area contributed by atoms with Gasteiger partial charge in [-0.15, -0.1) is 0 Å². The van der Waals surface area contributed by atoms with E-state index in [1.165, 1.54) is 12.8 Å². The summed E-state index contributed by atoms with van der Waals surface area (Å²) in [5, 5.41) is 0. The molecule has 10 heavy (non-hydrogen) atoms. The van der Waals surface area contributed by atoms with Crippen LogP contribution >= 0.6 is 7.07 Å². The average molecular weight is 205 g/mol. The molecular weight excluding hydrogens is 192 g/mol. The van der Waals surface area contributed by atoms with Crippen molar-refractivity contribution in [2.45, 2.75) is 12.8 Å². The Labute approximate surface area is 111 Å². The van der Waals surface area contributed by atoms with Gasteiger partial charge in [0.1, 0.15) is 7.07 Å². The van der Waals surface area contributed by atoms with Gasteiger partial charge < -0.3 is 4.52 Å². The van der Waals surface area contributed by atoms with Crippen molar-refractivity contribution in [2.24, 2.45) is 0 Å². The van der Waals surface area contributed by atoms with Gasteiger partial charge in [0.25, 0.3) is 0 Å². The minimum atomic E-state index is -0.990. The minimum absolute atomic E-state index is 0. The third kappa shape index (κ3) is 3.74. The summed E-state index contributed by atoms with van der Waals surface area (Å²) in [6.45, 7) is 2.32. The Morgan fingerprint density at radius 3 is 2.30 bits per heavy atom. The molecule has 1 aliphatic heterocycles. The zero-order valence-corrected chi connectivity index (χ0v) is 7.41. The van der Waals surface area contributed by atoms with Gasteiger partial charge >= 0.3 is 51.4 Å². The molecule has 5 heteroatoms. The fraction of sp³-hybridized carbons (Fsp3) is 1.00. The van der Waals surface area contributed by atoms with Crippen molar-refractivity contribution in [3.63, 3.8) is 0 Å². The van der Waals surface area contributed by atoms with Crippen LogP contribution in [-0.2, 0) is 16.3 Å². The average Bonchev–Trinajstić information content (AvgIpc) is 2.37. The molecule has 2 nitrogen and oxygen atoms in total. The SMILES string of the molecule is CO[PH](=S)N1CCCC1.[KH]. The second-order valence-electron chi connectivity index (χ2n) is 2.16. The van der Waals surface area contributed by atoms with E-state index in [4.69, 9.17) is 16.3 Å². The Bertz CT molecular complexity index is 118. The summed E-state index contributed by atoms with van der Waals surface area (Å²) in [6, 6.07) is 0. The molecule has 1 saturated heterocycles. The third-order valence-electron chi connectivity index (χ3n) is 1.54. The summed E-state index contributed by atoms with van der Waals surface area (Å²) in [4.78, 5) is 0. The van der Waals surface area contributed by atoms with Crippen molar-refractivity contribution >= 4 is 70.3 Å². The molecule has 0 N–H and O–H groups in total. The molecule has 1 aliphatic rings. The fourth-order valence-electron chi connectivity index (χ4n) is 1.03. The molecule has 1 unspecified atom stereocenters. The quantitative estimate of drug-likeness (QED) is 0.483. The second-order valence-corrected chi connectivity index (χ2v) is 4.78. The molecule has 1 rings (SSSR count). The Kier molecular flexibility index (Phi) is 8.17. The summed E-state index contributed by atoms with van der Waals surface area (Å²) < 4.78 is 7.35. The standard InChI is InChI=1S/C5H12NOPS.K.H/c1-7-8(9)6-4-2-3-5-6;;/h8H,2-5H2,1H3;;. The van der Waals surface area contributed by atoms with Crippen molar-refractivity contribution in [1.29, 1.82) is 0 Å². The first-order valence-electron chi connectivity index (χ1n) is 3.17. The van der Waals surface area contributed by atoms with E-state index >= 15 is 0 Å². The molecule has 1 heterocycles. The second kappa shape index (κ2) is 6.69. The molecule has 0 aromatic rings. The third-order valence-corrected chi connectivity index (χ3v) is 4.13. The molecule has 0 bridgehead atoms. The summed E-state index contributed by atoms with van der Waals surface area (Å²) >= 11 is 5.10. The van der Waals surface area contributed by atoms with Crippen molar-refractivity contribution in [1.82, 2.24) is 4.67 Å². The summed E-state index contributed by atoms with van der Waals surface area (Å²) in [5.74, 6) is 0. The van der Waals surface area contributed by atoms with Crippen LogP contribution < -0.4 is 0 Å². The van der Waals surface area contributed by atoms with Crippen LogP contribution in [0.25, 0.3) is 0 Å². The van der Waals surface area contributed by atoms with E-state index in [0.717, 1.165) is 13.1 Å². The van der Waals surface area contributed by atoms with Crippen molar-refractivity contribution in [3.8, 4) is 0 Å². The van der Waals surface area contributed by atoms with Gasteiger partial charge in [0.2, 0.25) is 0 Å². The van der Waals surface area contributed by atoms with E-state index in [2.05, 4.69) is 4.67 Å². The molecule has 1 fully saturated rings. The van der Waals surface area contributed by atoms with Gasteiger partial charge in [-0.1, -0.05) is 11.8 Å². The monoisotopic (exact) mass is 205 g/mol. The van der Waals surface area contributed by atoms with Crippen LogP contribution in [0.2, 0.25) is 0 Å². The van der Waals surface area contributed by atoms with Crippen molar-refractivity contribution < 1.29 is 4.52 Å². The van der Waals surface area contributed by atoms with Gasteiger partial charge in [0.15, 0.2) is 0 Å². The predicted molar refractivity (Wildman–Crippen MR) is 50.6 cm³/mol. The zero-order chi connectivity index (χ0) is 6.69. The first-order chi connectivity index (χ1) is 4.34. The Morgan fingerprint density at radius 2 is 1.90 bits per heavy atom. The first-order valence-corrected chi connectivity index (χ1v) is 5.66. The fourth-order valence-corrected chi connectivity index (χ4v) is 2.52. The van der Waals surface area contributed by atoms with Gasteiger partial charge in [-0.2, -0.15) is 0 Å². The number of hydrogen-bond acceptors (Lipinski definition) is 2. The maximum atomic E-state index is 5.10. The molecule has 1 atom stereocenters. The summed E-state index contributed by atoms with van der Waals surface area (Å²) in [5.41, 5.74) is 0. The number of nitrogens with zero attached hydrogens (tertiary/aromatic N) is 1. The van der Waals surface area contributed by atoms with E-state index < -0.39 is 7.07 Å². The molecule has 0 aliphatic carbocycles. The molecule has 0 saturated carbocycles. The topological polar surface area (TPSA) is 12.5 Å². The van der Waals surface area contributed by atoms with Crippen LogP contribution in [0.1, 0.15) is 12.8 Å². The molecular formula is C5H13KNOPS. The molecule has 0 spiro atoms. The van der Waals surface area contributed by atoms with E-state index in [9.17, 15) is 0 Å². The number of rotatable bonds is 2. The van der Waals surface area contributed by atoms with Crippen LogP contribution in [0, 0.1) is 0 Å². The van der Waals surface area contributed by atoms with Gasteiger partial charge in [-0.3, -0.25) is 4.67 Å². The van der Waals surface area contributed by atoms with E-state index in [1.54, 1.807) is 7.11 Å². The zero-order valence-electron chi connectivity index (χ0n) is 5.59. The van der Waals surface area contributed by atoms with Crippen LogP contribution in [0.4, 0.5) is 0 Å². The van der Waals surface area contributed by atoms with Crippen LogP contribution in [-0.4, -0.2) is 76.3 Å². The maximum absolute atomic E-state index is 5.10. The molecule has 0 radical (unpaired) electrons. The molecule has 0 aromatic heterocycles. The van der Waals surface area contributed by atoms with E-state index in [-0.39, 0.29) is 51.4 Å². The Morgan fingerprint density at radius 1 is 1.40 bits per heavy atom. The Hall–Kier alpha value is 2.21. The van der Waals surface area contributed by atoms with Gasteiger partial charge in [-0.05, 0) is 12.8 Å². The van der Waals surface area contributed by atoms with Crippen LogP contribution in [0.15, 0.2) is 0 Å². The van der Waals surface area contributed by atoms with Crippen LogP contribution in [0.5, 0.6) is 0 Å². The van der Waals surface area contributed by atoms with E-state index in [0.29, 0.717) is 0 Å². The Balaban J connectivity index is 0.000000810. The van der Waals surface area contributed by atoms with Crippen LogP contribution in [0.3, 0.4) is 0 Å². The predicted octanol–water partition coefficient (Wildman–Crippen LogP) is 0.586. The van der Waals surface area contributed by atoms with Gasteiger partial charge in [0.05, 0.1) is 0 Å². The normalized spacial score (nSPS) is 22.1. The first kappa shape index (κ1) is 12.2. The van der Waals surface area contributed by atoms with E-state index in [1.807, 2.05) is 0 Å². The van der Waals surface area contributed by atoms with Gasteiger partial charge in [-0.25, -0.2) is 0 Å². The van der Waals surface area contributed by atoms with Crippen molar-refractivity contribution in [2.75, 3.05) is 20.2 Å². The van der Waals surface area contributed by atoms with Crippen molar-refractivity contribution in [3.05, 3.63) is 0 Å². The summed E-state index contributed by atoms with van der Waals surface area (Å²) in [7, 11) is 0.718. The summed E-state index contributed by atoms with van der Waals surface area (Å²) in [6.07, 6.45) is 2.60. The molecule has 0 amide bonds. The molecule has 0 aromatic carbocycles. The molecule has 56 valence electrons. The number of hydrogen-bond donors (Lipinski definition) is 0.